The Morgan fingerprint density at radius 2 is 2.12 bits per heavy atom. The van der Waals surface area contributed by atoms with Crippen molar-refractivity contribution in [3.63, 3.8) is 0 Å². The van der Waals surface area contributed by atoms with Crippen LogP contribution in [-0.2, 0) is 11.3 Å². The van der Waals surface area contributed by atoms with Crippen LogP contribution in [0, 0.1) is 23.7 Å². The Morgan fingerprint density at radius 1 is 1.29 bits per heavy atom. The molecule has 2 aliphatic rings. The summed E-state index contributed by atoms with van der Waals surface area (Å²) in [5, 5.41) is 4.20. The summed E-state index contributed by atoms with van der Waals surface area (Å²) in [7, 11) is 0. The van der Waals surface area contributed by atoms with Crippen LogP contribution < -0.4 is 10.9 Å². The van der Waals surface area contributed by atoms with Gasteiger partial charge in [-0.05, 0) is 68.1 Å². The van der Waals surface area contributed by atoms with Gasteiger partial charge in [0.2, 0.25) is 5.95 Å². The molecule has 0 aliphatic heterocycles. The van der Waals surface area contributed by atoms with Crippen molar-refractivity contribution >= 4 is 22.8 Å². The first kappa shape index (κ1) is 24.1. The highest BCUT2D eigenvalue weighted by Crippen LogP contribution is 2.37. The first-order valence-corrected chi connectivity index (χ1v) is 12.6. The highest BCUT2D eigenvalue weighted by atomic mass is 16.1. The molecule has 0 spiro atoms. The SMILES string of the molecule is C=CC(=O)C1CC(CCn2c(=O)ccc3cnc(NC4=CC(CCCC(C)C)CC=C4)nc32)C1. The number of aryl methyl sites for hydroxylation is 1. The lowest BCUT2D eigenvalue weighted by Crippen LogP contribution is -2.31. The second-order valence-electron chi connectivity index (χ2n) is 10.2. The fraction of sp³-hybridized carbons (Fsp3) is 0.500. The summed E-state index contributed by atoms with van der Waals surface area (Å²) in [5.41, 5.74) is 1.60. The Hall–Kier alpha value is -3.02. The zero-order valence-electron chi connectivity index (χ0n) is 20.4. The molecule has 2 heterocycles. The molecule has 180 valence electrons. The predicted octanol–water partition coefficient (Wildman–Crippen LogP) is 5.66. The van der Waals surface area contributed by atoms with Gasteiger partial charge in [0, 0.05) is 35.8 Å². The molecule has 0 radical (unpaired) electrons. The van der Waals surface area contributed by atoms with E-state index in [9.17, 15) is 9.59 Å². The Morgan fingerprint density at radius 3 is 2.88 bits per heavy atom. The van der Waals surface area contributed by atoms with E-state index in [2.05, 4.69) is 49.0 Å². The van der Waals surface area contributed by atoms with Crippen LogP contribution in [0.2, 0.25) is 0 Å². The standard InChI is InChI=1S/C28H36N4O2/c1-4-25(33)23-15-21(16-23)13-14-32-26(34)12-11-22-18-29-28(31-27(22)32)30-24-10-6-9-20(17-24)8-5-7-19(2)3/h4,6,10-12,17-21,23H,1,5,7-9,13-16H2,2-3H3,(H,29,30,31). The molecule has 0 bridgehead atoms. The molecule has 1 atom stereocenters. The van der Waals surface area contributed by atoms with Gasteiger partial charge in [-0.2, -0.15) is 4.98 Å². The average Bonchev–Trinajstić information content (AvgIpc) is 2.79. The van der Waals surface area contributed by atoms with Crippen molar-refractivity contribution < 1.29 is 4.79 Å². The van der Waals surface area contributed by atoms with E-state index in [1.165, 1.54) is 25.3 Å². The van der Waals surface area contributed by atoms with Crippen molar-refractivity contribution in [2.45, 2.75) is 65.3 Å². The van der Waals surface area contributed by atoms with Crippen molar-refractivity contribution in [2.24, 2.45) is 23.7 Å². The van der Waals surface area contributed by atoms with Crippen molar-refractivity contribution in [1.29, 1.82) is 0 Å². The van der Waals surface area contributed by atoms with E-state index in [-0.39, 0.29) is 17.3 Å². The van der Waals surface area contributed by atoms with E-state index in [1.807, 2.05) is 0 Å². The van der Waals surface area contributed by atoms with Gasteiger partial charge in [0.25, 0.3) is 5.56 Å². The maximum absolute atomic E-state index is 12.7. The second kappa shape index (κ2) is 10.9. The third-order valence-corrected chi connectivity index (χ3v) is 7.09. The van der Waals surface area contributed by atoms with Crippen molar-refractivity contribution in [3.8, 4) is 0 Å². The molecule has 1 fully saturated rings. The monoisotopic (exact) mass is 460 g/mol. The van der Waals surface area contributed by atoms with Crippen LogP contribution in [0.5, 0.6) is 0 Å². The molecule has 0 amide bonds. The highest BCUT2D eigenvalue weighted by molar-refractivity contribution is 5.91. The summed E-state index contributed by atoms with van der Waals surface area (Å²) in [5.74, 6) is 2.48. The number of pyridine rings is 1. The van der Waals surface area contributed by atoms with E-state index in [4.69, 9.17) is 4.98 Å². The van der Waals surface area contributed by atoms with Gasteiger partial charge in [0.15, 0.2) is 5.78 Å². The highest BCUT2D eigenvalue weighted by Gasteiger charge is 2.32. The molecule has 6 heteroatoms. The fourth-order valence-electron chi connectivity index (χ4n) is 4.98. The number of carbonyl (C=O) groups excluding carboxylic acids is 1. The Balaban J connectivity index is 1.44. The van der Waals surface area contributed by atoms with Gasteiger partial charge in [-0.15, -0.1) is 0 Å². The molecule has 0 aromatic carbocycles. The Bertz CT molecular complexity index is 1150. The lowest BCUT2D eigenvalue weighted by Gasteiger charge is -2.33. The summed E-state index contributed by atoms with van der Waals surface area (Å²) < 4.78 is 1.74. The summed E-state index contributed by atoms with van der Waals surface area (Å²) >= 11 is 0. The number of fused-ring (bicyclic) bond motifs is 1. The number of anilines is 1. The Labute approximate surface area is 201 Å². The van der Waals surface area contributed by atoms with Gasteiger partial charge in [-0.25, -0.2) is 4.98 Å². The molecule has 2 aromatic rings. The van der Waals surface area contributed by atoms with Gasteiger partial charge in [0.1, 0.15) is 5.65 Å². The minimum absolute atomic E-state index is 0.0582. The van der Waals surface area contributed by atoms with Gasteiger partial charge >= 0.3 is 0 Å². The van der Waals surface area contributed by atoms with Crippen LogP contribution in [0.3, 0.4) is 0 Å². The summed E-state index contributed by atoms with van der Waals surface area (Å²) in [6.45, 7) is 8.71. The van der Waals surface area contributed by atoms with E-state index in [0.717, 1.165) is 42.7 Å². The molecular weight excluding hydrogens is 424 g/mol. The van der Waals surface area contributed by atoms with E-state index in [1.54, 1.807) is 22.9 Å². The van der Waals surface area contributed by atoms with Gasteiger partial charge < -0.3 is 5.32 Å². The van der Waals surface area contributed by atoms with Crippen molar-refractivity contribution in [3.05, 3.63) is 65.3 Å². The molecule has 1 N–H and O–H groups in total. The number of hydrogen-bond acceptors (Lipinski definition) is 5. The topological polar surface area (TPSA) is 76.9 Å². The Kier molecular flexibility index (Phi) is 7.76. The average molecular weight is 461 g/mol. The maximum atomic E-state index is 12.7. The minimum atomic E-state index is -0.0582. The summed E-state index contributed by atoms with van der Waals surface area (Å²) in [6.07, 6.45) is 17.1. The molecule has 6 nitrogen and oxygen atoms in total. The summed E-state index contributed by atoms with van der Waals surface area (Å²) in [4.78, 5) is 33.6. The van der Waals surface area contributed by atoms with Gasteiger partial charge in [-0.3, -0.25) is 14.2 Å². The summed E-state index contributed by atoms with van der Waals surface area (Å²) in [6, 6.07) is 3.36. The molecule has 4 rings (SSSR count). The zero-order chi connectivity index (χ0) is 24.1. The van der Waals surface area contributed by atoms with E-state index in [0.29, 0.717) is 30.0 Å². The van der Waals surface area contributed by atoms with Crippen LogP contribution in [0.15, 0.2) is 59.7 Å². The number of nitrogens with zero attached hydrogens (tertiary/aromatic N) is 3. The van der Waals surface area contributed by atoms with Crippen LogP contribution >= 0.6 is 0 Å². The molecule has 2 aromatic heterocycles. The molecule has 1 unspecified atom stereocenters. The largest absolute Gasteiger partial charge is 0.324 e. The van der Waals surface area contributed by atoms with E-state index < -0.39 is 0 Å². The lowest BCUT2D eigenvalue weighted by molar-refractivity contribution is -0.122. The maximum Gasteiger partial charge on any atom is 0.252 e. The molecule has 0 saturated heterocycles. The number of rotatable bonds is 11. The molecule has 1 saturated carbocycles. The number of carbonyl (C=O) groups is 1. The molecule has 34 heavy (non-hydrogen) atoms. The number of hydrogen-bond donors (Lipinski definition) is 1. The predicted molar refractivity (Wildman–Crippen MR) is 137 cm³/mol. The zero-order valence-corrected chi connectivity index (χ0v) is 20.4. The van der Waals surface area contributed by atoms with Crippen LogP contribution in [0.1, 0.15) is 58.8 Å². The quantitative estimate of drug-likeness (QED) is 0.438. The fourth-order valence-corrected chi connectivity index (χ4v) is 4.98. The van der Waals surface area contributed by atoms with Crippen LogP contribution in [-0.4, -0.2) is 20.3 Å². The van der Waals surface area contributed by atoms with E-state index >= 15 is 0 Å². The first-order valence-electron chi connectivity index (χ1n) is 12.6. The number of allylic oxidation sites excluding steroid dienone is 4. The third-order valence-electron chi connectivity index (χ3n) is 7.09. The van der Waals surface area contributed by atoms with Gasteiger partial charge in [0.05, 0.1) is 0 Å². The normalized spacial score (nSPS) is 21.9. The number of aromatic nitrogens is 3. The number of ketones is 1. The minimum Gasteiger partial charge on any atom is -0.324 e. The molecular formula is C28H36N4O2. The van der Waals surface area contributed by atoms with Gasteiger partial charge in [-0.1, -0.05) is 45.4 Å². The van der Waals surface area contributed by atoms with Crippen LogP contribution in [0.25, 0.3) is 11.0 Å². The van der Waals surface area contributed by atoms with Crippen molar-refractivity contribution in [1.82, 2.24) is 14.5 Å². The lowest BCUT2D eigenvalue weighted by atomic mass is 9.71. The second-order valence-corrected chi connectivity index (χ2v) is 10.2. The number of nitrogens with one attached hydrogen (secondary N) is 1. The van der Waals surface area contributed by atoms with Crippen LogP contribution in [0.4, 0.5) is 5.95 Å². The third kappa shape index (κ3) is 5.91. The first-order chi connectivity index (χ1) is 16.4. The smallest absolute Gasteiger partial charge is 0.252 e. The van der Waals surface area contributed by atoms with Crippen molar-refractivity contribution in [2.75, 3.05) is 5.32 Å². The molecule has 2 aliphatic carbocycles.